The number of amides is 2. The smallest absolute Gasteiger partial charge is 0.335 e. The van der Waals surface area contributed by atoms with Crippen LogP contribution in [0.2, 0.25) is 0 Å². The van der Waals surface area contributed by atoms with E-state index in [-0.39, 0.29) is 17.6 Å². The Morgan fingerprint density at radius 3 is 2.86 bits per heavy atom. The number of rotatable bonds is 4. The number of nitrogens with one attached hydrogen (secondary N) is 2. The van der Waals surface area contributed by atoms with Crippen molar-refractivity contribution in [2.75, 3.05) is 0 Å². The Balaban J connectivity index is 1.81. The van der Waals surface area contributed by atoms with Crippen molar-refractivity contribution in [3.63, 3.8) is 0 Å². The molecule has 0 aromatic heterocycles. The molecule has 0 heterocycles. The second kappa shape index (κ2) is 7.11. The summed E-state index contributed by atoms with van der Waals surface area (Å²) in [6.07, 6.45) is 4.46. The highest BCUT2D eigenvalue weighted by molar-refractivity contribution is 5.87. The van der Waals surface area contributed by atoms with Crippen molar-refractivity contribution in [2.24, 2.45) is 5.92 Å². The standard InChI is InChI=1S/C16H22N2O3/c1-11-4-2-7-14(8-11)18-16(21)17-10-12-5-3-6-13(9-12)15(19)20/h3,5-6,9,11,14H,2,4,7-8,10H2,1H3,(H,19,20)(H2,17,18,21). The van der Waals surface area contributed by atoms with Gasteiger partial charge in [-0.2, -0.15) is 0 Å². The van der Waals surface area contributed by atoms with Crippen LogP contribution < -0.4 is 10.6 Å². The summed E-state index contributed by atoms with van der Waals surface area (Å²) in [5, 5.41) is 14.7. The van der Waals surface area contributed by atoms with Gasteiger partial charge in [-0.1, -0.05) is 31.9 Å². The van der Waals surface area contributed by atoms with E-state index >= 15 is 0 Å². The Morgan fingerprint density at radius 2 is 2.14 bits per heavy atom. The molecule has 114 valence electrons. The van der Waals surface area contributed by atoms with Crippen LogP contribution in [-0.4, -0.2) is 23.1 Å². The van der Waals surface area contributed by atoms with Crippen molar-refractivity contribution in [3.05, 3.63) is 35.4 Å². The van der Waals surface area contributed by atoms with Gasteiger partial charge in [0.25, 0.3) is 0 Å². The number of carbonyl (C=O) groups is 2. The third kappa shape index (κ3) is 4.77. The molecular formula is C16H22N2O3. The number of urea groups is 1. The van der Waals surface area contributed by atoms with E-state index in [1.807, 2.05) is 0 Å². The van der Waals surface area contributed by atoms with Gasteiger partial charge in [0, 0.05) is 12.6 Å². The van der Waals surface area contributed by atoms with Crippen LogP contribution in [0.15, 0.2) is 24.3 Å². The van der Waals surface area contributed by atoms with Gasteiger partial charge >= 0.3 is 12.0 Å². The van der Waals surface area contributed by atoms with Crippen molar-refractivity contribution in [1.29, 1.82) is 0 Å². The summed E-state index contributed by atoms with van der Waals surface area (Å²) in [7, 11) is 0. The van der Waals surface area contributed by atoms with Gasteiger partial charge in [-0.05, 0) is 36.5 Å². The Kier molecular flexibility index (Phi) is 5.20. The first kappa shape index (κ1) is 15.4. The normalized spacial score (nSPS) is 21.6. The quantitative estimate of drug-likeness (QED) is 0.798. The minimum Gasteiger partial charge on any atom is -0.478 e. The van der Waals surface area contributed by atoms with Crippen molar-refractivity contribution < 1.29 is 14.7 Å². The maximum atomic E-state index is 11.9. The summed E-state index contributed by atoms with van der Waals surface area (Å²) in [5.74, 6) is -0.297. The second-order valence-electron chi connectivity index (χ2n) is 5.80. The summed E-state index contributed by atoms with van der Waals surface area (Å²) in [4.78, 5) is 22.8. The van der Waals surface area contributed by atoms with Crippen LogP contribution in [-0.2, 0) is 6.54 Å². The van der Waals surface area contributed by atoms with E-state index in [9.17, 15) is 9.59 Å². The Labute approximate surface area is 124 Å². The lowest BCUT2D eigenvalue weighted by Crippen LogP contribution is -2.43. The average molecular weight is 290 g/mol. The van der Waals surface area contributed by atoms with Crippen LogP contribution in [0.1, 0.15) is 48.5 Å². The van der Waals surface area contributed by atoms with Crippen molar-refractivity contribution in [3.8, 4) is 0 Å². The summed E-state index contributed by atoms with van der Waals surface area (Å²) in [6, 6.07) is 6.66. The third-order valence-electron chi connectivity index (χ3n) is 3.90. The number of carboxylic acids is 1. The van der Waals surface area contributed by atoms with Gasteiger partial charge in [0.05, 0.1) is 5.56 Å². The van der Waals surface area contributed by atoms with Gasteiger partial charge < -0.3 is 15.7 Å². The maximum Gasteiger partial charge on any atom is 0.335 e. The van der Waals surface area contributed by atoms with Crippen molar-refractivity contribution in [1.82, 2.24) is 10.6 Å². The van der Waals surface area contributed by atoms with Gasteiger partial charge in [0.15, 0.2) is 0 Å². The van der Waals surface area contributed by atoms with Gasteiger partial charge in [-0.25, -0.2) is 9.59 Å². The van der Waals surface area contributed by atoms with E-state index in [4.69, 9.17) is 5.11 Å². The van der Waals surface area contributed by atoms with Crippen LogP contribution in [0.25, 0.3) is 0 Å². The molecule has 2 atom stereocenters. The van der Waals surface area contributed by atoms with Gasteiger partial charge in [0.1, 0.15) is 0 Å². The number of aromatic carboxylic acids is 1. The summed E-state index contributed by atoms with van der Waals surface area (Å²) < 4.78 is 0. The van der Waals surface area contributed by atoms with Crippen LogP contribution in [0.5, 0.6) is 0 Å². The van der Waals surface area contributed by atoms with Crippen molar-refractivity contribution in [2.45, 2.75) is 45.2 Å². The highest BCUT2D eigenvalue weighted by Gasteiger charge is 2.20. The molecule has 1 fully saturated rings. The van der Waals surface area contributed by atoms with Crippen molar-refractivity contribution >= 4 is 12.0 Å². The molecule has 0 bridgehead atoms. The highest BCUT2D eigenvalue weighted by atomic mass is 16.4. The first-order valence-electron chi connectivity index (χ1n) is 7.41. The maximum absolute atomic E-state index is 11.9. The second-order valence-corrected chi connectivity index (χ2v) is 5.80. The number of hydrogen-bond donors (Lipinski definition) is 3. The van der Waals surface area contributed by atoms with E-state index < -0.39 is 5.97 Å². The minimum absolute atomic E-state index is 0.185. The van der Waals surface area contributed by atoms with E-state index in [2.05, 4.69) is 17.6 Å². The molecule has 21 heavy (non-hydrogen) atoms. The van der Waals surface area contributed by atoms with E-state index in [0.29, 0.717) is 12.5 Å². The molecule has 1 aromatic rings. The number of carbonyl (C=O) groups excluding carboxylic acids is 1. The van der Waals surface area contributed by atoms with Gasteiger partial charge in [-0.15, -0.1) is 0 Å². The highest BCUT2D eigenvalue weighted by Crippen LogP contribution is 2.23. The lowest BCUT2D eigenvalue weighted by molar-refractivity contribution is 0.0696. The van der Waals surface area contributed by atoms with Crippen LogP contribution in [0.4, 0.5) is 4.79 Å². The molecule has 5 nitrogen and oxygen atoms in total. The molecule has 1 aromatic carbocycles. The van der Waals surface area contributed by atoms with Crippen LogP contribution in [0, 0.1) is 5.92 Å². The SMILES string of the molecule is CC1CCCC(NC(=O)NCc2cccc(C(=O)O)c2)C1. The van der Waals surface area contributed by atoms with Gasteiger partial charge in [0.2, 0.25) is 0 Å². The Bertz CT molecular complexity index is 516. The average Bonchev–Trinajstić information content (AvgIpc) is 2.45. The fourth-order valence-electron chi connectivity index (χ4n) is 2.80. The zero-order chi connectivity index (χ0) is 15.2. The van der Waals surface area contributed by atoms with Crippen LogP contribution >= 0.6 is 0 Å². The van der Waals surface area contributed by atoms with Crippen LogP contribution in [0.3, 0.4) is 0 Å². The summed E-state index contributed by atoms with van der Waals surface area (Å²) in [6.45, 7) is 2.54. The lowest BCUT2D eigenvalue weighted by Gasteiger charge is -2.27. The molecule has 0 spiro atoms. The molecular weight excluding hydrogens is 268 g/mol. The third-order valence-corrected chi connectivity index (χ3v) is 3.90. The zero-order valence-electron chi connectivity index (χ0n) is 12.3. The molecule has 3 N–H and O–H groups in total. The number of hydrogen-bond acceptors (Lipinski definition) is 2. The summed E-state index contributed by atoms with van der Waals surface area (Å²) in [5.41, 5.74) is 1.01. The first-order valence-corrected chi connectivity index (χ1v) is 7.41. The Morgan fingerprint density at radius 1 is 1.33 bits per heavy atom. The molecule has 2 rings (SSSR count). The lowest BCUT2D eigenvalue weighted by atomic mass is 9.87. The molecule has 1 aliphatic carbocycles. The predicted octanol–water partition coefficient (Wildman–Crippen LogP) is 2.76. The Hall–Kier alpha value is -2.04. The fraction of sp³-hybridized carbons (Fsp3) is 0.500. The van der Waals surface area contributed by atoms with Gasteiger partial charge in [-0.3, -0.25) is 0 Å². The topological polar surface area (TPSA) is 78.4 Å². The summed E-state index contributed by atoms with van der Waals surface area (Å²) >= 11 is 0. The van der Waals surface area contributed by atoms with E-state index in [1.165, 1.54) is 12.5 Å². The monoisotopic (exact) mass is 290 g/mol. The fourth-order valence-corrected chi connectivity index (χ4v) is 2.80. The predicted molar refractivity (Wildman–Crippen MR) is 80.2 cm³/mol. The molecule has 0 aliphatic heterocycles. The molecule has 1 aliphatic rings. The van der Waals surface area contributed by atoms with E-state index in [1.54, 1.807) is 18.2 Å². The minimum atomic E-state index is -0.961. The molecule has 0 saturated heterocycles. The molecule has 1 saturated carbocycles. The number of benzene rings is 1. The molecule has 2 unspecified atom stereocenters. The van der Waals surface area contributed by atoms with E-state index in [0.717, 1.165) is 24.8 Å². The molecule has 5 heteroatoms. The molecule has 0 radical (unpaired) electrons. The molecule has 2 amide bonds. The first-order chi connectivity index (χ1) is 10.0. The largest absolute Gasteiger partial charge is 0.478 e. The zero-order valence-corrected chi connectivity index (χ0v) is 12.3. The number of carboxylic acid groups (broad SMARTS) is 1.